The highest BCUT2D eigenvalue weighted by atomic mass is 19.1. The molecule has 2 N–H and O–H groups in total. The van der Waals surface area contributed by atoms with Crippen LogP contribution in [0.5, 0.6) is 0 Å². The molecular formula is C12H14F2N2O. The number of carbonyl (C=O) groups is 1. The summed E-state index contributed by atoms with van der Waals surface area (Å²) in [6.45, 7) is 1.10. The molecule has 0 unspecified atom stereocenters. The van der Waals surface area contributed by atoms with Gasteiger partial charge in [0.25, 0.3) is 5.91 Å². The number of carbonyl (C=O) groups excluding carboxylic acids is 1. The topological polar surface area (TPSA) is 41.1 Å². The molecule has 0 radical (unpaired) electrons. The predicted molar refractivity (Wildman–Crippen MR) is 59.7 cm³/mol. The number of nitrogens with one attached hydrogen (secondary N) is 2. The van der Waals surface area contributed by atoms with Crippen LogP contribution >= 0.6 is 0 Å². The Morgan fingerprint density at radius 3 is 2.71 bits per heavy atom. The summed E-state index contributed by atoms with van der Waals surface area (Å²) in [5.74, 6) is -2.04. The molecule has 2 rings (SSSR count). The Bertz CT molecular complexity index is 419. The number of amides is 1. The van der Waals surface area contributed by atoms with Gasteiger partial charge in [-0.2, -0.15) is 0 Å². The van der Waals surface area contributed by atoms with E-state index in [-0.39, 0.29) is 5.56 Å². The van der Waals surface area contributed by atoms with Crippen molar-refractivity contribution >= 4 is 5.91 Å². The normalized spacial score (nSPS) is 14.7. The number of hydrogen-bond acceptors (Lipinski definition) is 2. The number of halogens is 2. The summed E-state index contributed by atoms with van der Waals surface area (Å²) in [6, 6.07) is 3.50. The van der Waals surface area contributed by atoms with Crippen LogP contribution in [0.4, 0.5) is 8.78 Å². The van der Waals surface area contributed by atoms with Gasteiger partial charge in [-0.3, -0.25) is 4.79 Å². The Balaban J connectivity index is 1.81. The van der Waals surface area contributed by atoms with Crippen molar-refractivity contribution in [2.24, 2.45) is 0 Å². The SMILES string of the molecule is O=C(NCCNC1CC1)c1ccc(F)cc1F. The molecule has 17 heavy (non-hydrogen) atoms. The van der Waals surface area contributed by atoms with E-state index >= 15 is 0 Å². The van der Waals surface area contributed by atoms with E-state index in [2.05, 4.69) is 10.6 Å². The smallest absolute Gasteiger partial charge is 0.254 e. The number of benzene rings is 1. The van der Waals surface area contributed by atoms with Crippen LogP contribution in [0.25, 0.3) is 0 Å². The highest BCUT2D eigenvalue weighted by Gasteiger charge is 2.19. The van der Waals surface area contributed by atoms with Crippen LogP contribution in [0.3, 0.4) is 0 Å². The van der Waals surface area contributed by atoms with E-state index in [0.29, 0.717) is 25.2 Å². The van der Waals surface area contributed by atoms with E-state index in [1.54, 1.807) is 0 Å². The largest absolute Gasteiger partial charge is 0.351 e. The molecule has 0 bridgehead atoms. The lowest BCUT2D eigenvalue weighted by molar-refractivity contribution is 0.0949. The summed E-state index contributed by atoms with van der Waals surface area (Å²) in [5.41, 5.74) is -0.127. The molecule has 92 valence electrons. The van der Waals surface area contributed by atoms with E-state index in [0.717, 1.165) is 12.1 Å². The maximum Gasteiger partial charge on any atom is 0.254 e. The second kappa shape index (κ2) is 5.23. The van der Waals surface area contributed by atoms with E-state index in [4.69, 9.17) is 0 Å². The minimum Gasteiger partial charge on any atom is -0.351 e. The first-order valence-corrected chi connectivity index (χ1v) is 5.63. The van der Waals surface area contributed by atoms with Crippen LogP contribution in [-0.2, 0) is 0 Å². The Kier molecular flexibility index (Phi) is 3.68. The molecular weight excluding hydrogens is 226 g/mol. The van der Waals surface area contributed by atoms with Gasteiger partial charge in [0.15, 0.2) is 0 Å². The molecule has 1 aliphatic carbocycles. The second-order valence-electron chi connectivity index (χ2n) is 4.11. The van der Waals surface area contributed by atoms with E-state index in [1.807, 2.05) is 0 Å². The third kappa shape index (κ3) is 3.49. The maximum atomic E-state index is 13.2. The fourth-order valence-electron chi connectivity index (χ4n) is 1.51. The van der Waals surface area contributed by atoms with Crippen molar-refractivity contribution in [2.75, 3.05) is 13.1 Å². The van der Waals surface area contributed by atoms with Gasteiger partial charge in [0.1, 0.15) is 11.6 Å². The standard InChI is InChI=1S/C12H14F2N2O/c13-8-1-4-10(11(14)7-8)12(17)16-6-5-15-9-2-3-9/h1,4,7,9,15H,2-3,5-6H2,(H,16,17). The monoisotopic (exact) mass is 240 g/mol. The van der Waals surface area contributed by atoms with Crippen LogP contribution in [0.2, 0.25) is 0 Å². The Morgan fingerprint density at radius 2 is 2.06 bits per heavy atom. The molecule has 1 aliphatic rings. The highest BCUT2D eigenvalue weighted by molar-refractivity contribution is 5.94. The van der Waals surface area contributed by atoms with Crippen molar-refractivity contribution < 1.29 is 13.6 Å². The molecule has 0 aliphatic heterocycles. The predicted octanol–water partition coefficient (Wildman–Crippen LogP) is 1.45. The molecule has 1 aromatic rings. The second-order valence-corrected chi connectivity index (χ2v) is 4.11. The molecule has 0 heterocycles. The fraction of sp³-hybridized carbons (Fsp3) is 0.417. The molecule has 0 saturated heterocycles. The van der Waals surface area contributed by atoms with Gasteiger partial charge >= 0.3 is 0 Å². The fourth-order valence-corrected chi connectivity index (χ4v) is 1.51. The lowest BCUT2D eigenvalue weighted by atomic mass is 10.2. The lowest BCUT2D eigenvalue weighted by Crippen LogP contribution is -2.33. The summed E-state index contributed by atoms with van der Waals surface area (Å²) >= 11 is 0. The minimum absolute atomic E-state index is 0.127. The van der Waals surface area contributed by atoms with Crippen LogP contribution in [-0.4, -0.2) is 25.0 Å². The van der Waals surface area contributed by atoms with Crippen LogP contribution < -0.4 is 10.6 Å². The van der Waals surface area contributed by atoms with E-state index < -0.39 is 17.5 Å². The minimum atomic E-state index is -0.836. The van der Waals surface area contributed by atoms with Crippen LogP contribution in [0, 0.1) is 11.6 Å². The van der Waals surface area contributed by atoms with Crippen LogP contribution in [0.1, 0.15) is 23.2 Å². The number of rotatable bonds is 5. The molecule has 1 amide bonds. The van der Waals surface area contributed by atoms with Gasteiger partial charge < -0.3 is 10.6 Å². The molecule has 1 aromatic carbocycles. The zero-order valence-electron chi connectivity index (χ0n) is 9.30. The lowest BCUT2D eigenvalue weighted by Gasteiger charge is -2.06. The average Bonchev–Trinajstić information content (AvgIpc) is 3.08. The van der Waals surface area contributed by atoms with Crippen molar-refractivity contribution in [3.63, 3.8) is 0 Å². The molecule has 5 heteroatoms. The van der Waals surface area contributed by atoms with Gasteiger partial charge in [0.05, 0.1) is 5.56 Å². The van der Waals surface area contributed by atoms with Crippen molar-refractivity contribution in [3.05, 3.63) is 35.4 Å². The average molecular weight is 240 g/mol. The highest BCUT2D eigenvalue weighted by Crippen LogP contribution is 2.17. The van der Waals surface area contributed by atoms with Crippen molar-refractivity contribution in [2.45, 2.75) is 18.9 Å². The van der Waals surface area contributed by atoms with Crippen molar-refractivity contribution in [3.8, 4) is 0 Å². The number of hydrogen-bond donors (Lipinski definition) is 2. The summed E-state index contributed by atoms with van der Waals surface area (Å²) in [6.07, 6.45) is 2.36. The van der Waals surface area contributed by atoms with E-state index in [1.165, 1.54) is 12.8 Å². The van der Waals surface area contributed by atoms with Gasteiger partial charge in [0.2, 0.25) is 0 Å². The molecule has 0 atom stereocenters. The van der Waals surface area contributed by atoms with Gasteiger partial charge in [-0.25, -0.2) is 8.78 Å². The first-order valence-electron chi connectivity index (χ1n) is 5.63. The quantitative estimate of drug-likeness (QED) is 0.765. The zero-order valence-corrected chi connectivity index (χ0v) is 9.30. The van der Waals surface area contributed by atoms with Gasteiger partial charge in [0, 0.05) is 25.2 Å². The molecule has 3 nitrogen and oxygen atoms in total. The summed E-state index contributed by atoms with van der Waals surface area (Å²) in [5, 5.41) is 5.80. The van der Waals surface area contributed by atoms with Gasteiger partial charge in [-0.1, -0.05) is 0 Å². The first-order chi connectivity index (χ1) is 8.16. The maximum absolute atomic E-state index is 13.2. The van der Waals surface area contributed by atoms with Gasteiger partial charge in [-0.15, -0.1) is 0 Å². The molecule has 0 spiro atoms. The summed E-state index contributed by atoms with van der Waals surface area (Å²) in [7, 11) is 0. The van der Waals surface area contributed by atoms with Crippen molar-refractivity contribution in [1.82, 2.24) is 10.6 Å². The van der Waals surface area contributed by atoms with Crippen LogP contribution in [0.15, 0.2) is 18.2 Å². The Morgan fingerprint density at radius 1 is 1.29 bits per heavy atom. The van der Waals surface area contributed by atoms with Gasteiger partial charge in [-0.05, 0) is 25.0 Å². The molecule has 1 saturated carbocycles. The first kappa shape index (κ1) is 12.0. The Labute approximate surface area is 98.2 Å². The summed E-state index contributed by atoms with van der Waals surface area (Å²) < 4.78 is 25.9. The summed E-state index contributed by atoms with van der Waals surface area (Å²) in [4.78, 5) is 11.5. The molecule has 1 fully saturated rings. The van der Waals surface area contributed by atoms with Crippen molar-refractivity contribution in [1.29, 1.82) is 0 Å². The third-order valence-electron chi connectivity index (χ3n) is 2.60. The molecule has 0 aromatic heterocycles. The third-order valence-corrected chi connectivity index (χ3v) is 2.60. The zero-order chi connectivity index (χ0) is 12.3. The van der Waals surface area contributed by atoms with E-state index in [9.17, 15) is 13.6 Å². The Hall–Kier alpha value is -1.49.